The first-order valence-corrected chi connectivity index (χ1v) is 13.4. The maximum Gasteiger partial charge on any atom is 0.326 e. The van der Waals surface area contributed by atoms with E-state index >= 15 is 0 Å². The summed E-state index contributed by atoms with van der Waals surface area (Å²) in [5.41, 5.74) is 2.55. The first kappa shape index (κ1) is 24.0. The first-order chi connectivity index (χ1) is 17.0. The number of rotatable bonds is 5. The predicted octanol–water partition coefficient (Wildman–Crippen LogP) is 6.77. The van der Waals surface area contributed by atoms with E-state index in [0.717, 1.165) is 43.7 Å². The second kappa shape index (κ2) is 10.5. The molecule has 1 N–H and O–H groups in total. The molecule has 1 saturated heterocycles. The average Bonchev–Trinajstić information content (AvgIpc) is 3.21. The van der Waals surface area contributed by atoms with E-state index < -0.39 is 0 Å². The number of nitrogens with one attached hydrogen (secondary N) is 1. The van der Waals surface area contributed by atoms with Crippen molar-refractivity contribution in [2.75, 3.05) is 13.1 Å². The molecule has 5 rings (SSSR count). The maximum absolute atomic E-state index is 12.8. The van der Waals surface area contributed by atoms with Gasteiger partial charge in [-0.15, -0.1) is 0 Å². The Hall–Kier alpha value is -2.74. The van der Waals surface area contributed by atoms with Gasteiger partial charge in [-0.25, -0.2) is 4.79 Å². The lowest BCUT2D eigenvalue weighted by molar-refractivity contribution is -0.127. The van der Waals surface area contributed by atoms with Gasteiger partial charge in [-0.2, -0.15) is 0 Å². The van der Waals surface area contributed by atoms with Crippen LogP contribution in [-0.4, -0.2) is 33.4 Å². The number of aromatic nitrogens is 2. The highest BCUT2D eigenvalue weighted by Gasteiger charge is 2.25. The molecule has 35 heavy (non-hydrogen) atoms. The zero-order valence-corrected chi connectivity index (χ0v) is 21.9. The summed E-state index contributed by atoms with van der Waals surface area (Å²) >= 11 is 11.7. The van der Waals surface area contributed by atoms with E-state index in [0.29, 0.717) is 18.1 Å². The van der Waals surface area contributed by atoms with Crippen LogP contribution in [0.25, 0.3) is 17.1 Å². The number of aromatic amines is 1. The minimum Gasteiger partial charge on any atom is -0.339 e. The van der Waals surface area contributed by atoms with Crippen LogP contribution in [0.3, 0.4) is 0 Å². The highest BCUT2D eigenvalue weighted by atomic mass is 79.9. The molecular weight excluding hydrogens is 546 g/mol. The number of para-hydroxylation sites is 2. The SMILES string of the molecule is O=C(C=Cc1ccc(Sc2ccccc2Br)c(Cl)c1)N1CCC(n2c(=O)[nH]c3ccccc32)CC1. The number of H-pyrrole nitrogens is 1. The molecule has 4 aromatic rings. The van der Waals surface area contributed by atoms with Crippen molar-refractivity contribution in [3.8, 4) is 0 Å². The van der Waals surface area contributed by atoms with Crippen molar-refractivity contribution in [1.29, 1.82) is 0 Å². The molecule has 1 aromatic heterocycles. The van der Waals surface area contributed by atoms with Crippen molar-refractivity contribution >= 4 is 62.3 Å². The molecule has 0 unspecified atom stereocenters. The number of amides is 1. The highest BCUT2D eigenvalue weighted by molar-refractivity contribution is 9.10. The van der Waals surface area contributed by atoms with Gasteiger partial charge in [0.05, 0.1) is 16.1 Å². The third kappa shape index (κ3) is 5.27. The van der Waals surface area contributed by atoms with E-state index in [1.165, 1.54) is 0 Å². The quantitative estimate of drug-likeness (QED) is 0.270. The van der Waals surface area contributed by atoms with Crippen LogP contribution in [0.15, 0.2) is 91.9 Å². The van der Waals surface area contributed by atoms with E-state index in [1.807, 2.05) is 76.2 Å². The lowest BCUT2D eigenvalue weighted by Gasteiger charge is -2.32. The van der Waals surface area contributed by atoms with Crippen LogP contribution in [0.5, 0.6) is 0 Å². The van der Waals surface area contributed by atoms with Gasteiger partial charge in [0, 0.05) is 39.5 Å². The molecule has 0 atom stereocenters. The molecule has 8 heteroatoms. The van der Waals surface area contributed by atoms with Crippen molar-refractivity contribution in [2.45, 2.75) is 28.7 Å². The van der Waals surface area contributed by atoms with Crippen molar-refractivity contribution < 1.29 is 4.79 Å². The van der Waals surface area contributed by atoms with Crippen LogP contribution >= 0.6 is 39.3 Å². The fourth-order valence-electron chi connectivity index (χ4n) is 4.40. The molecule has 0 bridgehead atoms. The Morgan fingerprint density at radius 3 is 2.54 bits per heavy atom. The largest absolute Gasteiger partial charge is 0.339 e. The number of benzene rings is 3. The maximum atomic E-state index is 12.8. The summed E-state index contributed by atoms with van der Waals surface area (Å²) in [5, 5.41) is 0.644. The zero-order chi connectivity index (χ0) is 24.4. The van der Waals surface area contributed by atoms with Crippen LogP contribution in [0, 0.1) is 0 Å². The van der Waals surface area contributed by atoms with Crippen LogP contribution in [0.4, 0.5) is 0 Å². The second-order valence-corrected chi connectivity index (χ2v) is 10.8. The Morgan fingerprint density at radius 2 is 1.77 bits per heavy atom. The molecule has 0 spiro atoms. The molecule has 2 heterocycles. The molecule has 3 aromatic carbocycles. The molecule has 0 saturated carbocycles. The minimum absolute atomic E-state index is 0.0301. The van der Waals surface area contributed by atoms with Gasteiger partial charge in [-0.05, 0) is 76.8 Å². The standard InChI is InChI=1S/C27H23BrClN3O2S/c28-20-5-1-4-8-24(20)35-25-11-9-18(17-21(25)29)10-12-26(33)31-15-13-19(14-16-31)32-23-7-3-2-6-22(23)30-27(32)34/h1-12,17,19H,13-16H2,(H,30,34). The average molecular weight is 569 g/mol. The highest BCUT2D eigenvalue weighted by Crippen LogP contribution is 2.37. The second-order valence-electron chi connectivity index (χ2n) is 8.43. The monoisotopic (exact) mass is 567 g/mol. The Labute approximate surface area is 220 Å². The molecule has 5 nitrogen and oxygen atoms in total. The number of nitrogens with zero attached hydrogens (tertiary/aromatic N) is 2. The van der Waals surface area contributed by atoms with E-state index in [1.54, 1.807) is 23.9 Å². The number of piperidine rings is 1. The number of hydrogen-bond donors (Lipinski definition) is 1. The van der Waals surface area contributed by atoms with Gasteiger partial charge in [0.1, 0.15) is 0 Å². The molecular formula is C27H23BrClN3O2S. The van der Waals surface area contributed by atoms with Crippen molar-refractivity contribution in [3.05, 3.63) is 98.3 Å². The van der Waals surface area contributed by atoms with Gasteiger partial charge in [-0.3, -0.25) is 9.36 Å². The number of carbonyl (C=O) groups excluding carboxylic acids is 1. The van der Waals surface area contributed by atoms with Gasteiger partial charge in [-0.1, -0.05) is 53.7 Å². The number of halogens is 2. The molecule has 0 aliphatic carbocycles. The molecule has 1 amide bonds. The van der Waals surface area contributed by atoms with Gasteiger partial charge in [0.15, 0.2) is 0 Å². The van der Waals surface area contributed by atoms with Crippen molar-refractivity contribution in [2.24, 2.45) is 0 Å². The summed E-state index contributed by atoms with van der Waals surface area (Å²) in [7, 11) is 0. The van der Waals surface area contributed by atoms with E-state index in [2.05, 4.69) is 20.9 Å². The summed E-state index contributed by atoms with van der Waals surface area (Å²) in [6, 6.07) is 21.6. The van der Waals surface area contributed by atoms with Crippen LogP contribution in [0.1, 0.15) is 24.4 Å². The summed E-state index contributed by atoms with van der Waals surface area (Å²) in [4.78, 5) is 32.1. The topological polar surface area (TPSA) is 58.1 Å². The van der Waals surface area contributed by atoms with Crippen LogP contribution < -0.4 is 5.69 Å². The van der Waals surface area contributed by atoms with E-state index in [-0.39, 0.29) is 17.6 Å². The normalized spacial score (nSPS) is 14.7. The first-order valence-electron chi connectivity index (χ1n) is 11.4. The molecule has 0 radical (unpaired) electrons. The Kier molecular flexibility index (Phi) is 7.18. The third-order valence-electron chi connectivity index (χ3n) is 6.20. The fraction of sp³-hybridized carbons (Fsp3) is 0.185. The predicted molar refractivity (Wildman–Crippen MR) is 146 cm³/mol. The molecule has 178 valence electrons. The van der Waals surface area contributed by atoms with Crippen molar-refractivity contribution in [1.82, 2.24) is 14.5 Å². The Balaban J connectivity index is 1.21. The number of hydrogen-bond acceptors (Lipinski definition) is 3. The van der Waals surface area contributed by atoms with Crippen LogP contribution in [0.2, 0.25) is 5.02 Å². The number of carbonyl (C=O) groups is 1. The number of fused-ring (bicyclic) bond motifs is 1. The van der Waals surface area contributed by atoms with E-state index in [4.69, 9.17) is 11.6 Å². The Bertz CT molecular complexity index is 1470. The third-order valence-corrected chi connectivity index (χ3v) is 8.73. The molecule has 1 fully saturated rings. The van der Waals surface area contributed by atoms with Crippen LogP contribution in [-0.2, 0) is 4.79 Å². The van der Waals surface area contributed by atoms with E-state index in [9.17, 15) is 9.59 Å². The van der Waals surface area contributed by atoms with Gasteiger partial charge in [0.25, 0.3) is 0 Å². The summed E-state index contributed by atoms with van der Waals surface area (Å²) in [6.45, 7) is 1.23. The zero-order valence-electron chi connectivity index (χ0n) is 18.8. The Morgan fingerprint density at radius 1 is 1.03 bits per heavy atom. The molecule has 1 aliphatic rings. The van der Waals surface area contributed by atoms with Gasteiger partial charge < -0.3 is 9.88 Å². The van der Waals surface area contributed by atoms with Gasteiger partial charge in [0.2, 0.25) is 5.91 Å². The fourth-order valence-corrected chi connectivity index (χ4v) is 6.08. The summed E-state index contributed by atoms with van der Waals surface area (Å²) < 4.78 is 2.86. The number of imidazole rings is 1. The van der Waals surface area contributed by atoms with Gasteiger partial charge >= 0.3 is 5.69 Å². The van der Waals surface area contributed by atoms with Crippen molar-refractivity contribution in [3.63, 3.8) is 0 Å². The summed E-state index contributed by atoms with van der Waals surface area (Å²) in [5.74, 6) is -0.0301. The lowest BCUT2D eigenvalue weighted by atomic mass is 10.0. The lowest BCUT2D eigenvalue weighted by Crippen LogP contribution is -2.39. The smallest absolute Gasteiger partial charge is 0.326 e. The minimum atomic E-state index is -0.0889. The number of likely N-dealkylation sites (tertiary alicyclic amines) is 1. The molecule has 1 aliphatic heterocycles. The summed E-state index contributed by atoms with van der Waals surface area (Å²) in [6.07, 6.45) is 4.89.